The minimum atomic E-state index is -0.825. The average Bonchev–Trinajstić information content (AvgIpc) is 3.31. The van der Waals surface area contributed by atoms with Crippen molar-refractivity contribution in [1.82, 2.24) is 0 Å². The molecule has 0 saturated heterocycles. The van der Waals surface area contributed by atoms with Gasteiger partial charge in [0.1, 0.15) is 12.7 Å². The predicted molar refractivity (Wildman–Crippen MR) is 155 cm³/mol. The van der Waals surface area contributed by atoms with Crippen molar-refractivity contribution in [1.29, 1.82) is 0 Å². The van der Waals surface area contributed by atoms with Crippen LogP contribution in [0.3, 0.4) is 0 Å². The summed E-state index contributed by atoms with van der Waals surface area (Å²) >= 11 is 0. The first-order valence-corrected chi connectivity index (χ1v) is 16.3. The monoisotopic (exact) mass is 574 g/mol. The smallest absolute Gasteiger partial charge is 0.344 e. The molecule has 7 nitrogen and oxygen atoms in total. The van der Waals surface area contributed by atoms with Gasteiger partial charge >= 0.3 is 17.9 Å². The van der Waals surface area contributed by atoms with Gasteiger partial charge in [0.25, 0.3) is 0 Å². The van der Waals surface area contributed by atoms with Crippen molar-refractivity contribution < 1.29 is 34.1 Å². The van der Waals surface area contributed by atoms with Crippen LogP contribution >= 0.6 is 0 Å². The summed E-state index contributed by atoms with van der Waals surface area (Å²) < 4.78 is 10.7. The van der Waals surface area contributed by atoms with Crippen LogP contribution < -0.4 is 0 Å². The number of carboxylic acids is 1. The summed E-state index contributed by atoms with van der Waals surface area (Å²) in [6, 6.07) is 0. The number of ether oxygens (including phenoxy) is 2. The number of carbonyl (C=O) groups is 3. The maximum atomic E-state index is 12.9. The SMILES string of the molecule is CC(C)[C@@H]1CC[C@]2(C(=O)O)CC[C@]3(C)C(CCC4[C@@]5(C)CC[C@H](OC(=O)COC(=O)CO)C(C)(C)C5CC[C@]43C)C12. The Balaban J connectivity index is 1.41. The second-order valence-electron chi connectivity index (χ2n) is 16.3. The molecule has 0 spiro atoms. The van der Waals surface area contributed by atoms with Gasteiger partial charge in [-0.05, 0) is 116 Å². The Morgan fingerprint density at radius 2 is 1.51 bits per heavy atom. The van der Waals surface area contributed by atoms with E-state index in [2.05, 4.69) is 48.5 Å². The summed E-state index contributed by atoms with van der Waals surface area (Å²) in [5.74, 6) is 0.748. The second-order valence-corrected chi connectivity index (χ2v) is 16.3. The number of aliphatic hydroxyl groups is 1. The lowest BCUT2D eigenvalue weighted by Crippen LogP contribution is -2.67. The fourth-order valence-electron chi connectivity index (χ4n) is 12.3. The number of fused-ring (bicyclic) bond motifs is 7. The van der Waals surface area contributed by atoms with E-state index in [1.807, 2.05) is 0 Å². The zero-order chi connectivity index (χ0) is 30.2. The summed E-state index contributed by atoms with van der Waals surface area (Å²) in [6.07, 6.45) is 9.73. The fourth-order valence-corrected chi connectivity index (χ4v) is 12.3. The zero-order valence-electron chi connectivity index (χ0n) is 26.5. The van der Waals surface area contributed by atoms with Crippen molar-refractivity contribution in [2.75, 3.05) is 13.2 Å². The topological polar surface area (TPSA) is 110 Å². The van der Waals surface area contributed by atoms with Crippen LogP contribution in [0.15, 0.2) is 0 Å². The van der Waals surface area contributed by atoms with Gasteiger partial charge in [-0.1, -0.05) is 48.5 Å². The second kappa shape index (κ2) is 10.2. The number of esters is 2. The van der Waals surface area contributed by atoms with Gasteiger partial charge < -0.3 is 19.7 Å². The van der Waals surface area contributed by atoms with Gasteiger partial charge in [0.15, 0.2) is 6.61 Å². The number of aliphatic carboxylic acids is 1. The first kappa shape index (κ1) is 30.8. The van der Waals surface area contributed by atoms with Crippen LogP contribution in [0.2, 0.25) is 0 Å². The standard InChI is InChI=1S/C34H54O7/c1-20(2)21-10-15-34(29(38)39)17-16-32(6)22(28(21)34)8-9-24-31(5)13-12-25(41-27(37)19-40-26(36)18-35)30(3,4)23(31)11-14-33(24,32)7/h20-25,28,35H,8-19H2,1-7H3,(H,38,39)/t21-,22?,23?,24?,25-,28?,31-,32+,33+,34-/m0/s1. The largest absolute Gasteiger partial charge is 0.481 e. The molecule has 0 radical (unpaired) electrons. The van der Waals surface area contributed by atoms with E-state index < -0.39 is 36.5 Å². The van der Waals surface area contributed by atoms with Crippen LogP contribution in [-0.2, 0) is 23.9 Å². The van der Waals surface area contributed by atoms with E-state index in [0.29, 0.717) is 29.6 Å². The molecule has 10 atom stereocenters. The maximum absolute atomic E-state index is 12.9. The van der Waals surface area contributed by atoms with E-state index in [1.54, 1.807) is 0 Å². The average molecular weight is 575 g/mol. The van der Waals surface area contributed by atoms with E-state index in [1.165, 1.54) is 0 Å². The Bertz CT molecular complexity index is 1070. The van der Waals surface area contributed by atoms with E-state index in [4.69, 9.17) is 14.6 Å². The summed E-state index contributed by atoms with van der Waals surface area (Å²) in [7, 11) is 0. The van der Waals surface area contributed by atoms with Gasteiger partial charge in [-0.3, -0.25) is 4.79 Å². The molecule has 0 aliphatic heterocycles. The Morgan fingerprint density at radius 1 is 0.805 bits per heavy atom. The predicted octanol–water partition coefficient (Wildman–Crippen LogP) is 6.26. The minimum absolute atomic E-state index is 0.116. The summed E-state index contributed by atoms with van der Waals surface area (Å²) in [5, 5.41) is 19.5. The molecule has 0 aromatic carbocycles. The van der Waals surface area contributed by atoms with Gasteiger partial charge in [-0.15, -0.1) is 0 Å². The Morgan fingerprint density at radius 3 is 2.15 bits per heavy atom. The van der Waals surface area contributed by atoms with Crippen molar-refractivity contribution in [3.63, 3.8) is 0 Å². The van der Waals surface area contributed by atoms with Crippen molar-refractivity contribution in [2.45, 2.75) is 119 Å². The number of carbonyl (C=O) groups excluding carboxylic acids is 2. The lowest BCUT2D eigenvalue weighted by Gasteiger charge is -2.72. The molecule has 4 unspecified atom stereocenters. The van der Waals surface area contributed by atoms with Crippen LogP contribution in [0, 0.1) is 62.6 Å². The molecule has 0 aromatic heterocycles. The number of hydrogen-bond acceptors (Lipinski definition) is 6. The van der Waals surface area contributed by atoms with Crippen LogP contribution in [-0.4, -0.2) is 47.4 Å². The molecule has 2 N–H and O–H groups in total. The van der Waals surface area contributed by atoms with Crippen molar-refractivity contribution in [3.8, 4) is 0 Å². The zero-order valence-corrected chi connectivity index (χ0v) is 26.5. The normalized spacial score (nSPS) is 46.5. The molecule has 7 heteroatoms. The highest BCUT2D eigenvalue weighted by Gasteiger charge is 2.72. The number of rotatable bonds is 6. The van der Waals surface area contributed by atoms with Crippen molar-refractivity contribution >= 4 is 17.9 Å². The molecule has 0 aromatic rings. The highest BCUT2D eigenvalue weighted by Crippen LogP contribution is 2.77. The molecule has 0 amide bonds. The van der Waals surface area contributed by atoms with Gasteiger partial charge in [0.2, 0.25) is 0 Å². The highest BCUT2D eigenvalue weighted by atomic mass is 16.6. The molecular weight excluding hydrogens is 520 g/mol. The van der Waals surface area contributed by atoms with Crippen LogP contribution in [0.4, 0.5) is 0 Å². The molecule has 232 valence electrons. The Labute approximate surface area is 246 Å². The van der Waals surface area contributed by atoms with Crippen LogP contribution in [0.5, 0.6) is 0 Å². The van der Waals surface area contributed by atoms with Crippen molar-refractivity contribution in [3.05, 3.63) is 0 Å². The highest BCUT2D eigenvalue weighted by molar-refractivity contribution is 5.77. The third kappa shape index (κ3) is 4.32. The molecule has 5 saturated carbocycles. The van der Waals surface area contributed by atoms with Crippen molar-refractivity contribution in [2.24, 2.45) is 62.6 Å². The van der Waals surface area contributed by atoms with Crippen LogP contribution in [0.1, 0.15) is 113 Å². The number of carboxylic acid groups (broad SMARTS) is 1. The molecule has 5 rings (SSSR count). The van der Waals surface area contributed by atoms with E-state index in [9.17, 15) is 19.5 Å². The Hall–Kier alpha value is -1.63. The molecule has 5 aliphatic rings. The number of aliphatic hydroxyl groups excluding tert-OH is 1. The summed E-state index contributed by atoms with van der Waals surface area (Å²) in [5.41, 5.74) is -0.380. The van der Waals surface area contributed by atoms with Gasteiger partial charge in [-0.2, -0.15) is 0 Å². The summed E-state index contributed by atoms with van der Waals surface area (Å²) in [4.78, 5) is 36.8. The summed E-state index contributed by atoms with van der Waals surface area (Å²) in [6.45, 7) is 15.5. The van der Waals surface area contributed by atoms with E-state index in [0.717, 1.165) is 64.2 Å². The quantitative estimate of drug-likeness (QED) is 0.361. The van der Waals surface area contributed by atoms with Gasteiger partial charge in [-0.25, -0.2) is 9.59 Å². The lowest BCUT2D eigenvalue weighted by atomic mass is 9.32. The first-order valence-electron chi connectivity index (χ1n) is 16.3. The first-order chi connectivity index (χ1) is 19.1. The molecule has 0 heterocycles. The van der Waals surface area contributed by atoms with E-state index in [-0.39, 0.29) is 33.7 Å². The maximum Gasteiger partial charge on any atom is 0.344 e. The molecule has 0 bridgehead atoms. The number of hydrogen-bond donors (Lipinski definition) is 2. The van der Waals surface area contributed by atoms with E-state index >= 15 is 0 Å². The Kier molecular flexibility index (Phi) is 7.69. The molecular formula is C34H54O7. The van der Waals surface area contributed by atoms with Gasteiger partial charge in [0, 0.05) is 5.41 Å². The third-order valence-electron chi connectivity index (χ3n) is 14.5. The lowest BCUT2D eigenvalue weighted by molar-refractivity contribution is -0.252. The fraction of sp³-hybridized carbons (Fsp3) is 0.912. The minimum Gasteiger partial charge on any atom is -0.481 e. The molecule has 5 fully saturated rings. The molecule has 5 aliphatic carbocycles. The third-order valence-corrected chi connectivity index (χ3v) is 14.5. The van der Waals surface area contributed by atoms with Crippen LogP contribution in [0.25, 0.3) is 0 Å². The molecule has 41 heavy (non-hydrogen) atoms. The van der Waals surface area contributed by atoms with Gasteiger partial charge in [0.05, 0.1) is 5.41 Å².